The molecule has 0 saturated heterocycles. The van der Waals surface area contributed by atoms with Gasteiger partial charge in [-0.1, -0.05) is 18.2 Å². The first kappa shape index (κ1) is 17.5. The van der Waals surface area contributed by atoms with E-state index >= 15 is 0 Å². The summed E-state index contributed by atoms with van der Waals surface area (Å²) in [6.45, 7) is 0. The van der Waals surface area contributed by atoms with Crippen molar-refractivity contribution in [3.63, 3.8) is 0 Å². The molecule has 27 heavy (non-hydrogen) atoms. The number of methoxy groups -OCH3 is 1. The number of benzene rings is 3. The lowest BCUT2D eigenvalue weighted by Crippen LogP contribution is -2.12. The highest BCUT2D eigenvalue weighted by atomic mass is 32.2. The standard InChI is InChI=1S/C20H16N2O3S2/c1-25-16-5-4-6-17(13-16)27(23,24)22-15-11-9-14(10-12-15)20-21-18-7-2-3-8-19(18)26-20/h2-13,22H,1H3. The number of anilines is 1. The summed E-state index contributed by atoms with van der Waals surface area (Å²) in [5, 5.41) is 0.901. The number of sulfonamides is 1. The molecule has 0 saturated carbocycles. The third-order valence-corrected chi connectivity index (χ3v) is 6.49. The zero-order chi connectivity index (χ0) is 18.9. The number of hydrogen-bond donors (Lipinski definition) is 1. The summed E-state index contributed by atoms with van der Waals surface area (Å²) in [5.41, 5.74) is 2.39. The maximum Gasteiger partial charge on any atom is 0.262 e. The van der Waals surface area contributed by atoms with Gasteiger partial charge in [-0.05, 0) is 48.5 Å². The van der Waals surface area contributed by atoms with Crippen LogP contribution in [0.25, 0.3) is 20.8 Å². The van der Waals surface area contributed by atoms with Gasteiger partial charge in [0.15, 0.2) is 0 Å². The molecule has 0 aliphatic rings. The third-order valence-electron chi connectivity index (χ3n) is 4.03. The van der Waals surface area contributed by atoms with Crippen LogP contribution >= 0.6 is 11.3 Å². The molecule has 7 heteroatoms. The molecule has 0 aliphatic heterocycles. The highest BCUT2D eigenvalue weighted by Crippen LogP contribution is 2.31. The first-order valence-corrected chi connectivity index (χ1v) is 10.5. The Morgan fingerprint density at radius 2 is 1.74 bits per heavy atom. The van der Waals surface area contributed by atoms with Crippen LogP contribution < -0.4 is 9.46 Å². The zero-order valence-corrected chi connectivity index (χ0v) is 16.0. The fourth-order valence-corrected chi connectivity index (χ4v) is 4.72. The van der Waals surface area contributed by atoms with Crippen LogP contribution in [0.15, 0.2) is 77.7 Å². The predicted octanol–water partition coefficient (Wildman–Crippen LogP) is 4.77. The smallest absolute Gasteiger partial charge is 0.262 e. The van der Waals surface area contributed by atoms with Gasteiger partial charge in [-0.15, -0.1) is 11.3 Å². The van der Waals surface area contributed by atoms with Crippen molar-refractivity contribution in [1.82, 2.24) is 4.98 Å². The van der Waals surface area contributed by atoms with E-state index in [0.29, 0.717) is 11.4 Å². The monoisotopic (exact) mass is 396 g/mol. The molecule has 136 valence electrons. The van der Waals surface area contributed by atoms with Gasteiger partial charge in [-0.25, -0.2) is 13.4 Å². The van der Waals surface area contributed by atoms with Gasteiger partial charge >= 0.3 is 0 Å². The van der Waals surface area contributed by atoms with Gasteiger partial charge in [0, 0.05) is 17.3 Å². The molecule has 4 rings (SSSR count). The summed E-state index contributed by atoms with van der Waals surface area (Å²) in [6.07, 6.45) is 0. The normalized spacial score (nSPS) is 11.4. The van der Waals surface area contributed by atoms with Crippen molar-refractivity contribution < 1.29 is 13.2 Å². The highest BCUT2D eigenvalue weighted by Gasteiger charge is 2.15. The number of nitrogens with zero attached hydrogens (tertiary/aromatic N) is 1. The van der Waals surface area contributed by atoms with E-state index in [1.54, 1.807) is 35.6 Å². The molecule has 0 spiro atoms. The first-order valence-electron chi connectivity index (χ1n) is 8.18. The van der Waals surface area contributed by atoms with E-state index in [4.69, 9.17) is 4.74 Å². The Morgan fingerprint density at radius 3 is 2.48 bits per heavy atom. The number of nitrogens with one attached hydrogen (secondary N) is 1. The Kier molecular flexibility index (Phi) is 4.55. The van der Waals surface area contributed by atoms with Gasteiger partial charge in [0.05, 0.1) is 22.2 Å². The van der Waals surface area contributed by atoms with E-state index in [-0.39, 0.29) is 4.90 Å². The Labute approximate surface area is 161 Å². The molecular formula is C20H16N2O3S2. The van der Waals surface area contributed by atoms with Crippen molar-refractivity contribution in [3.8, 4) is 16.3 Å². The number of para-hydroxylation sites is 1. The molecule has 0 unspecified atom stereocenters. The molecular weight excluding hydrogens is 380 g/mol. The molecule has 5 nitrogen and oxygen atoms in total. The molecule has 0 atom stereocenters. The lowest BCUT2D eigenvalue weighted by atomic mass is 10.2. The second kappa shape index (κ2) is 7.02. The number of fused-ring (bicyclic) bond motifs is 1. The van der Waals surface area contributed by atoms with E-state index in [0.717, 1.165) is 20.8 Å². The van der Waals surface area contributed by atoms with Gasteiger partial charge in [0.2, 0.25) is 0 Å². The second-order valence-electron chi connectivity index (χ2n) is 5.85. The molecule has 3 aromatic carbocycles. The van der Waals surface area contributed by atoms with E-state index in [1.165, 1.54) is 19.2 Å². The quantitative estimate of drug-likeness (QED) is 0.527. The number of rotatable bonds is 5. The first-order chi connectivity index (χ1) is 13.0. The summed E-state index contributed by atoms with van der Waals surface area (Å²) in [6, 6.07) is 21.5. The van der Waals surface area contributed by atoms with E-state index < -0.39 is 10.0 Å². The largest absolute Gasteiger partial charge is 0.497 e. The Balaban J connectivity index is 1.58. The van der Waals surface area contributed by atoms with Crippen molar-refractivity contribution in [1.29, 1.82) is 0 Å². The highest BCUT2D eigenvalue weighted by molar-refractivity contribution is 7.92. The fourth-order valence-electron chi connectivity index (χ4n) is 2.66. The van der Waals surface area contributed by atoms with Crippen molar-refractivity contribution in [2.45, 2.75) is 4.90 Å². The summed E-state index contributed by atoms with van der Waals surface area (Å²) >= 11 is 1.61. The molecule has 4 aromatic rings. The van der Waals surface area contributed by atoms with E-state index in [9.17, 15) is 8.42 Å². The zero-order valence-electron chi connectivity index (χ0n) is 14.4. The number of hydrogen-bond acceptors (Lipinski definition) is 5. The minimum absolute atomic E-state index is 0.150. The Hall–Kier alpha value is -2.90. The lowest BCUT2D eigenvalue weighted by molar-refractivity contribution is 0.413. The topological polar surface area (TPSA) is 68.3 Å². The minimum atomic E-state index is -3.69. The van der Waals surface area contributed by atoms with Crippen LogP contribution in [0.1, 0.15) is 0 Å². The average Bonchev–Trinajstić information content (AvgIpc) is 3.12. The molecule has 1 heterocycles. The summed E-state index contributed by atoms with van der Waals surface area (Å²) < 4.78 is 33.9. The van der Waals surface area contributed by atoms with Crippen molar-refractivity contribution in [3.05, 3.63) is 72.8 Å². The average molecular weight is 396 g/mol. The van der Waals surface area contributed by atoms with Crippen LogP contribution in [0.5, 0.6) is 5.75 Å². The van der Waals surface area contributed by atoms with Crippen LogP contribution in [0.2, 0.25) is 0 Å². The van der Waals surface area contributed by atoms with Gasteiger partial charge < -0.3 is 4.74 Å². The van der Waals surface area contributed by atoms with Crippen LogP contribution in [0, 0.1) is 0 Å². The molecule has 0 radical (unpaired) electrons. The number of ether oxygens (including phenoxy) is 1. The van der Waals surface area contributed by atoms with Crippen LogP contribution in [0.4, 0.5) is 5.69 Å². The lowest BCUT2D eigenvalue weighted by Gasteiger charge is -2.09. The molecule has 0 aliphatic carbocycles. The summed E-state index contributed by atoms with van der Waals surface area (Å²) in [7, 11) is -2.19. The fraction of sp³-hybridized carbons (Fsp3) is 0.0500. The van der Waals surface area contributed by atoms with E-state index in [1.807, 2.05) is 36.4 Å². The summed E-state index contributed by atoms with van der Waals surface area (Å²) in [4.78, 5) is 4.77. The number of aromatic nitrogens is 1. The van der Waals surface area contributed by atoms with Crippen molar-refractivity contribution in [2.24, 2.45) is 0 Å². The van der Waals surface area contributed by atoms with Crippen LogP contribution in [-0.2, 0) is 10.0 Å². The van der Waals surface area contributed by atoms with E-state index in [2.05, 4.69) is 9.71 Å². The molecule has 0 bridgehead atoms. The van der Waals surface area contributed by atoms with Gasteiger partial charge in [0.1, 0.15) is 10.8 Å². The maximum atomic E-state index is 12.6. The Morgan fingerprint density at radius 1 is 0.963 bits per heavy atom. The maximum absolute atomic E-state index is 12.6. The summed E-state index contributed by atoms with van der Waals surface area (Å²) in [5.74, 6) is 0.490. The minimum Gasteiger partial charge on any atom is -0.497 e. The Bertz CT molecular complexity index is 1170. The third kappa shape index (κ3) is 3.65. The second-order valence-corrected chi connectivity index (χ2v) is 8.56. The van der Waals surface area contributed by atoms with Crippen LogP contribution in [-0.4, -0.2) is 20.5 Å². The van der Waals surface area contributed by atoms with Crippen molar-refractivity contribution >= 4 is 37.3 Å². The molecule has 1 aromatic heterocycles. The molecule has 0 amide bonds. The SMILES string of the molecule is COc1cccc(S(=O)(=O)Nc2ccc(-c3nc4ccccc4s3)cc2)c1. The molecule has 1 N–H and O–H groups in total. The van der Waals surface area contributed by atoms with Gasteiger partial charge in [-0.3, -0.25) is 4.72 Å². The van der Waals surface area contributed by atoms with Crippen LogP contribution in [0.3, 0.4) is 0 Å². The molecule has 0 fully saturated rings. The predicted molar refractivity (Wildman–Crippen MR) is 109 cm³/mol. The van der Waals surface area contributed by atoms with Gasteiger partial charge in [-0.2, -0.15) is 0 Å². The van der Waals surface area contributed by atoms with Crippen molar-refractivity contribution in [2.75, 3.05) is 11.8 Å². The van der Waals surface area contributed by atoms with Gasteiger partial charge in [0.25, 0.3) is 10.0 Å². The number of thiazole rings is 1.